The van der Waals surface area contributed by atoms with Gasteiger partial charge in [-0.15, -0.1) is 0 Å². The van der Waals surface area contributed by atoms with Crippen molar-refractivity contribution in [1.29, 1.82) is 0 Å². The smallest absolute Gasteiger partial charge is 0.305 e. The van der Waals surface area contributed by atoms with Gasteiger partial charge in [-0.25, -0.2) is 0 Å². The molecule has 104 valence electrons. The molecule has 1 aliphatic carbocycles. The van der Waals surface area contributed by atoms with Gasteiger partial charge in [0.05, 0.1) is 6.61 Å². The van der Waals surface area contributed by atoms with Crippen LogP contribution in [0.3, 0.4) is 0 Å². The van der Waals surface area contributed by atoms with E-state index in [1.807, 2.05) is 12.1 Å². The molecule has 0 heterocycles. The van der Waals surface area contributed by atoms with Crippen molar-refractivity contribution in [3.8, 4) is 5.75 Å². The Labute approximate surface area is 113 Å². The van der Waals surface area contributed by atoms with Gasteiger partial charge in [-0.2, -0.15) is 0 Å². The molecule has 0 saturated heterocycles. The highest BCUT2D eigenvalue weighted by molar-refractivity contribution is 5.69. The largest absolute Gasteiger partial charge is 0.508 e. The quantitative estimate of drug-likeness (QED) is 0.793. The SMILES string of the molecule is CCOC(=O)CCCc1cc2c(cc1O)CC(N)C2. The number of carbonyl (C=O) groups excluding carboxylic acids is 1. The molecule has 3 N–H and O–H groups in total. The highest BCUT2D eigenvalue weighted by Crippen LogP contribution is 2.29. The van der Waals surface area contributed by atoms with Crippen LogP contribution in [0.4, 0.5) is 0 Å². The Morgan fingerprint density at radius 1 is 1.42 bits per heavy atom. The number of aromatic hydroxyl groups is 1. The van der Waals surface area contributed by atoms with Gasteiger partial charge in [-0.05, 0) is 55.4 Å². The molecule has 0 saturated carbocycles. The lowest BCUT2D eigenvalue weighted by atomic mass is 10.0. The maximum atomic E-state index is 11.2. The molecule has 19 heavy (non-hydrogen) atoms. The fraction of sp³-hybridized carbons (Fsp3) is 0.533. The zero-order chi connectivity index (χ0) is 13.8. The van der Waals surface area contributed by atoms with Crippen molar-refractivity contribution in [3.05, 3.63) is 28.8 Å². The van der Waals surface area contributed by atoms with Crippen molar-refractivity contribution in [1.82, 2.24) is 0 Å². The van der Waals surface area contributed by atoms with Crippen LogP contribution in [-0.2, 0) is 28.8 Å². The summed E-state index contributed by atoms with van der Waals surface area (Å²) in [7, 11) is 0. The Morgan fingerprint density at radius 2 is 2.11 bits per heavy atom. The molecule has 4 heteroatoms. The van der Waals surface area contributed by atoms with Crippen LogP contribution in [0.15, 0.2) is 12.1 Å². The lowest BCUT2D eigenvalue weighted by molar-refractivity contribution is -0.143. The minimum atomic E-state index is -0.176. The van der Waals surface area contributed by atoms with Gasteiger partial charge in [0.2, 0.25) is 0 Å². The molecule has 4 nitrogen and oxygen atoms in total. The summed E-state index contributed by atoms with van der Waals surface area (Å²) in [5.41, 5.74) is 9.20. The predicted octanol–water partition coefficient (Wildman–Crippen LogP) is 1.70. The standard InChI is InChI=1S/C15H21NO3/c1-2-19-15(18)5-3-4-10-6-11-7-13(16)8-12(11)9-14(10)17/h6,9,13,17H,2-5,7-8,16H2,1H3. The van der Waals surface area contributed by atoms with Crippen LogP contribution >= 0.6 is 0 Å². The highest BCUT2D eigenvalue weighted by atomic mass is 16.5. The number of ether oxygens (including phenoxy) is 1. The van der Waals surface area contributed by atoms with Gasteiger partial charge >= 0.3 is 5.97 Å². The van der Waals surface area contributed by atoms with E-state index in [0.717, 1.165) is 24.0 Å². The molecule has 1 aromatic carbocycles. The van der Waals surface area contributed by atoms with Gasteiger partial charge in [-0.3, -0.25) is 4.79 Å². The summed E-state index contributed by atoms with van der Waals surface area (Å²) < 4.78 is 4.88. The molecular weight excluding hydrogens is 242 g/mol. The monoisotopic (exact) mass is 263 g/mol. The molecular formula is C15H21NO3. The molecule has 0 fully saturated rings. The Balaban J connectivity index is 1.94. The summed E-state index contributed by atoms with van der Waals surface area (Å²) in [4.78, 5) is 11.2. The zero-order valence-electron chi connectivity index (χ0n) is 11.3. The van der Waals surface area contributed by atoms with Crippen LogP contribution in [-0.4, -0.2) is 23.7 Å². The van der Waals surface area contributed by atoms with E-state index in [4.69, 9.17) is 10.5 Å². The predicted molar refractivity (Wildman–Crippen MR) is 73.1 cm³/mol. The van der Waals surface area contributed by atoms with Gasteiger partial charge in [0.15, 0.2) is 0 Å². The number of phenols is 1. The summed E-state index contributed by atoms with van der Waals surface area (Å²) in [6.45, 7) is 2.22. The van der Waals surface area contributed by atoms with E-state index in [-0.39, 0.29) is 12.0 Å². The number of hydrogen-bond donors (Lipinski definition) is 2. The molecule has 1 aromatic rings. The minimum absolute atomic E-state index is 0.171. The van der Waals surface area contributed by atoms with Crippen LogP contribution in [0.1, 0.15) is 36.5 Å². The zero-order valence-corrected chi connectivity index (χ0v) is 11.3. The average molecular weight is 263 g/mol. The molecule has 0 aromatic heterocycles. The maximum absolute atomic E-state index is 11.2. The molecule has 0 aliphatic heterocycles. The van der Waals surface area contributed by atoms with Crippen molar-refractivity contribution >= 4 is 5.97 Å². The second-order valence-electron chi connectivity index (χ2n) is 5.08. The van der Waals surface area contributed by atoms with E-state index in [2.05, 4.69) is 0 Å². The van der Waals surface area contributed by atoms with Crippen LogP contribution in [0.5, 0.6) is 5.75 Å². The van der Waals surface area contributed by atoms with E-state index in [1.165, 1.54) is 5.56 Å². The normalized spacial score (nSPS) is 17.3. The Morgan fingerprint density at radius 3 is 2.79 bits per heavy atom. The molecule has 0 spiro atoms. The van der Waals surface area contributed by atoms with E-state index in [0.29, 0.717) is 31.6 Å². The first-order valence-electron chi connectivity index (χ1n) is 6.85. The lowest BCUT2D eigenvalue weighted by Crippen LogP contribution is -2.18. The minimum Gasteiger partial charge on any atom is -0.508 e. The van der Waals surface area contributed by atoms with E-state index in [1.54, 1.807) is 6.92 Å². The van der Waals surface area contributed by atoms with Crippen molar-refractivity contribution in [2.45, 2.75) is 45.1 Å². The second-order valence-corrected chi connectivity index (χ2v) is 5.08. The third-order valence-electron chi connectivity index (χ3n) is 3.50. The summed E-state index contributed by atoms with van der Waals surface area (Å²) in [5.74, 6) is 0.141. The summed E-state index contributed by atoms with van der Waals surface area (Å²) in [6, 6.07) is 4.02. The number of benzene rings is 1. The number of rotatable bonds is 5. The number of carbonyl (C=O) groups is 1. The number of aryl methyl sites for hydroxylation is 1. The summed E-state index contributed by atoms with van der Waals surface area (Å²) in [5, 5.41) is 9.97. The van der Waals surface area contributed by atoms with Crippen LogP contribution in [0.25, 0.3) is 0 Å². The van der Waals surface area contributed by atoms with Gasteiger partial charge < -0.3 is 15.6 Å². The Kier molecular flexibility index (Phi) is 4.43. The maximum Gasteiger partial charge on any atom is 0.305 e. The van der Waals surface area contributed by atoms with Gasteiger partial charge in [-0.1, -0.05) is 6.07 Å². The van der Waals surface area contributed by atoms with E-state index in [9.17, 15) is 9.90 Å². The number of nitrogens with two attached hydrogens (primary N) is 1. The average Bonchev–Trinajstić information content (AvgIpc) is 2.69. The lowest BCUT2D eigenvalue weighted by Gasteiger charge is -2.08. The topological polar surface area (TPSA) is 72.5 Å². The third-order valence-corrected chi connectivity index (χ3v) is 3.50. The summed E-state index contributed by atoms with van der Waals surface area (Å²) in [6.07, 6.45) is 3.49. The van der Waals surface area contributed by atoms with Crippen LogP contribution < -0.4 is 5.73 Å². The number of esters is 1. The van der Waals surface area contributed by atoms with Gasteiger partial charge in [0.1, 0.15) is 5.75 Å². The van der Waals surface area contributed by atoms with E-state index >= 15 is 0 Å². The van der Waals surface area contributed by atoms with Crippen LogP contribution in [0, 0.1) is 0 Å². The van der Waals surface area contributed by atoms with Crippen molar-refractivity contribution < 1.29 is 14.6 Å². The van der Waals surface area contributed by atoms with E-state index < -0.39 is 0 Å². The molecule has 1 atom stereocenters. The van der Waals surface area contributed by atoms with Gasteiger partial charge in [0, 0.05) is 12.5 Å². The first kappa shape index (κ1) is 13.9. The molecule has 2 rings (SSSR count). The van der Waals surface area contributed by atoms with Crippen LogP contribution in [0.2, 0.25) is 0 Å². The number of hydrogen-bond acceptors (Lipinski definition) is 4. The Hall–Kier alpha value is -1.55. The fourth-order valence-electron chi connectivity index (χ4n) is 2.60. The fourth-order valence-corrected chi connectivity index (χ4v) is 2.60. The first-order valence-corrected chi connectivity index (χ1v) is 6.85. The molecule has 0 amide bonds. The molecule has 1 aliphatic rings. The first-order chi connectivity index (χ1) is 9.10. The number of fused-ring (bicyclic) bond motifs is 1. The van der Waals surface area contributed by atoms with Crippen molar-refractivity contribution in [2.24, 2.45) is 5.73 Å². The second kappa shape index (κ2) is 6.06. The van der Waals surface area contributed by atoms with Gasteiger partial charge in [0.25, 0.3) is 0 Å². The Bertz CT molecular complexity index is 471. The van der Waals surface area contributed by atoms with Crippen molar-refractivity contribution in [2.75, 3.05) is 6.61 Å². The molecule has 0 radical (unpaired) electrons. The molecule has 1 unspecified atom stereocenters. The summed E-state index contributed by atoms with van der Waals surface area (Å²) >= 11 is 0. The highest BCUT2D eigenvalue weighted by Gasteiger charge is 2.20. The molecule has 0 bridgehead atoms. The number of phenolic OH excluding ortho intramolecular Hbond substituents is 1. The van der Waals surface area contributed by atoms with Crippen molar-refractivity contribution in [3.63, 3.8) is 0 Å². The third kappa shape index (κ3) is 3.47.